The van der Waals surface area contributed by atoms with Crippen molar-refractivity contribution in [1.82, 2.24) is 10.3 Å². The summed E-state index contributed by atoms with van der Waals surface area (Å²) in [7, 11) is 0. The van der Waals surface area contributed by atoms with Crippen molar-refractivity contribution in [3.05, 3.63) is 22.9 Å². The van der Waals surface area contributed by atoms with Gasteiger partial charge in [-0.1, -0.05) is 20.8 Å². The Kier molecular flexibility index (Phi) is 6.47. The molecule has 114 valence electrons. The SMILES string of the molecule is CCNCc1c(C)cc(C)nc1N(CC(C)C)C(C)C. The quantitative estimate of drug-likeness (QED) is 0.824. The van der Waals surface area contributed by atoms with Crippen molar-refractivity contribution >= 4 is 5.82 Å². The van der Waals surface area contributed by atoms with Crippen LogP contribution in [0.5, 0.6) is 0 Å². The highest BCUT2D eigenvalue weighted by atomic mass is 15.2. The first-order chi connectivity index (χ1) is 9.36. The molecule has 1 N–H and O–H groups in total. The molecule has 0 saturated carbocycles. The number of aromatic nitrogens is 1. The molecule has 0 aromatic carbocycles. The van der Waals surface area contributed by atoms with Gasteiger partial charge >= 0.3 is 0 Å². The summed E-state index contributed by atoms with van der Waals surface area (Å²) in [6.07, 6.45) is 0. The van der Waals surface area contributed by atoms with Gasteiger partial charge in [-0.25, -0.2) is 4.98 Å². The van der Waals surface area contributed by atoms with Crippen molar-refractivity contribution in [2.24, 2.45) is 5.92 Å². The van der Waals surface area contributed by atoms with E-state index >= 15 is 0 Å². The minimum atomic E-state index is 0.464. The zero-order valence-electron chi connectivity index (χ0n) is 14.2. The number of anilines is 1. The Bertz CT molecular complexity index is 424. The van der Waals surface area contributed by atoms with E-state index in [0.717, 1.165) is 31.1 Å². The van der Waals surface area contributed by atoms with E-state index in [4.69, 9.17) is 4.98 Å². The average Bonchev–Trinajstić information content (AvgIpc) is 2.33. The Morgan fingerprint density at radius 3 is 2.35 bits per heavy atom. The Balaban J connectivity index is 3.23. The molecule has 0 aliphatic rings. The zero-order chi connectivity index (χ0) is 15.3. The summed E-state index contributed by atoms with van der Waals surface area (Å²) in [5.74, 6) is 1.79. The maximum Gasteiger partial charge on any atom is 0.133 e. The molecule has 0 amide bonds. The van der Waals surface area contributed by atoms with Crippen LogP contribution in [0.2, 0.25) is 0 Å². The van der Waals surface area contributed by atoms with Gasteiger partial charge in [-0.3, -0.25) is 0 Å². The van der Waals surface area contributed by atoms with Crippen LogP contribution in [0.1, 0.15) is 51.4 Å². The third kappa shape index (κ3) is 4.48. The molecule has 20 heavy (non-hydrogen) atoms. The van der Waals surface area contributed by atoms with Gasteiger partial charge in [-0.15, -0.1) is 0 Å². The fourth-order valence-electron chi connectivity index (χ4n) is 2.48. The lowest BCUT2D eigenvalue weighted by molar-refractivity contribution is 0.561. The molecule has 1 heterocycles. The summed E-state index contributed by atoms with van der Waals surface area (Å²) in [6, 6.07) is 2.65. The standard InChI is InChI=1S/C17H31N3/c1-8-18-10-16-14(6)9-15(7)19-17(16)20(13(4)5)11-12(2)3/h9,12-13,18H,8,10-11H2,1-7H3. The number of hydrogen-bond acceptors (Lipinski definition) is 3. The molecule has 1 aromatic heterocycles. The number of pyridine rings is 1. The van der Waals surface area contributed by atoms with Crippen molar-refractivity contribution < 1.29 is 0 Å². The second-order valence-electron chi connectivity index (χ2n) is 6.30. The van der Waals surface area contributed by atoms with Crippen LogP contribution in [-0.4, -0.2) is 24.1 Å². The number of hydrogen-bond donors (Lipinski definition) is 1. The summed E-state index contributed by atoms with van der Waals surface area (Å²) in [5, 5.41) is 3.45. The third-order valence-corrected chi connectivity index (χ3v) is 3.46. The molecule has 1 aromatic rings. The third-order valence-electron chi connectivity index (χ3n) is 3.46. The molecule has 0 spiro atoms. The van der Waals surface area contributed by atoms with Gasteiger partial charge in [0.1, 0.15) is 5.82 Å². The van der Waals surface area contributed by atoms with Crippen LogP contribution in [0.4, 0.5) is 5.82 Å². The monoisotopic (exact) mass is 277 g/mol. The molecule has 0 atom stereocenters. The Morgan fingerprint density at radius 1 is 1.20 bits per heavy atom. The van der Waals surface area contributed by atoms with Crippen molar-refractivity contribution in [3.8, 4) is 0 Å². The van der Waals surface area contributed by atoms with Crippen LogP contribution in [0, 0.1) is 19.8 Å². The smallest absolute Gasteiger partial charge is 0.133 e. The van der Waals surface area contributed by atoms with E-state index in [-0.39, 0.29) is 0 Å². The second-order valence-corrected chi connectivity index (χ2v) is 6.30. The van der Waals surface area contributed by atoms with Crippen LogP contribution < -0.4 is 10.2 Å². The molecule has 1 rings (SSSR count). The topological polar surface area (TPSA) is 28.2 Å². The van der Waals surface area contributed by atoms with E-state index in [1.54, 1.807) is 0 Å². The van der Waals surface area contributed by atoms with Crippen LogP contribution in [0.15, 0.2) is 6.07 Å². The molecule has 0 unspecified atom stereocenters. The van der Waals surface area contributed by atoms with Gasteiger partial charge in [0.2, 0.25) is 0 Å². The van der Waals surface area contributed by atoms with Crippen molar-refractivity contribution in [3.63, 3.8) is 0 Å². The molecule has 0 saturated heterocycles. The lowest BCUT2D eigenvalue weighted by Gasteiger charge is -2.32. The fourth-order valence-corrected chi connectivity index (χ4v) is 2.48. The maximum absolute atomic E-state index is 4.85. The summed E-state index contributed by atoms with van der Waals surface area (Å²) in [5.41, 5.74) is 3.78. The van der Waals surface area contributed by atoms with E-state index in [0.29, 0.717) is 12.0 Å². The van der Waals surface area contributed by atoms with Gasteiger partial charge in [0.25, 0.3) is 0 Å². The second kappa shape index (κ2) is 7.63. The highest BCUT2D eigenvalue weighted by molar-refractivity contribution is 5.52. The summed E-state index contributed by atoms with van der Waals surface area (Å²) < 4.78 is 0. The number of rotatable bonds is 7. The first-order valence-corrected chi connectivity index (χ1v) is 7.81. The zero-order valence-corrected chi connectivity index (χ0v) is 14.2. The van der Waals surface area contributed by atoms with E-state index in [9.17, 15) is 0 Å². The largest absolute Gasteiger partial charge is 0.354 e. The first kappa shape index (κ1) is 17.0. The lowest BCUT2D eigenvalue weighted by atomic mass is 10.1. The van der Waals surface area contributed by atoms with Crippen molar-refractivity contribution in [2.45, 2.75) is 61.1 Å². The highest BCUT2D eigenvalue weighted by Crippen LogP contribution is 2.25. The normalized spacial score (nSPS) is 11.4. The minimum Gasteiger partial charge on any atom is -0.354 e. The number of aryl methyl sites for hydroxylation is 2. The van der Waals surface area contributed by atoms with Crippen LogP contribution in [0.25, 0.3) is 0 Å². The lowest BCUT2D eigenvalue weighted by Crippen LogP contribution is -2.36. The maximum atomic E-state index is 4.85. The molecule has 0 aliphatic heterocycles. The van der Waals surface area contributed by atoms with Crippen molar-refractivity contribution in [1.29, 1.82) is 0 Å². The van der Waals surface area contributed by atoms with E-state index < -0.39 is 0 Å². The van der Waals surface area contributed by atoms with Gasteiger partial charge in [0.05, 0.1) is 0 Å². The Morgan fingerprint density at radius 2 is 1.85 bits per heavy atom. The van der Waals surface area contributed by atoms with Crippen LogP contribution in [-0.2, 0) is 6.54 Å². The summed E-state index contributed by atoms with van der Waals surface area (Å²) >= 11 is 0. The summed E-state index contributed by atoms with van der Waals surface area (Å²) in [6.45, 7) is 18.4. The molecule has 0 fully saturated rings. The Hall–Kier alpha value is -1.09. The number of nitrogens with one attached hydrogen (secondary N) is 1. The van der Waals surface area contributed by atoms with Gasteiger partial charge in [0.15, 0.2) is 0 Å². The van der Waals surface area contributed by atoms with Gasteiger partial charge < -0.3 is 10.2 Å². The van der Waals surface area contributed by atoms with E-state index in [2.05, 4.69) is 64.7 Å². The van der Waals surface area contributed by atoms with Crippen LogP contribution >= 0.6 is 0 Å². The van der Waals surface area contributed by atoms with Gasteiger partial charge in [0, 0.05) is 30.4 Å². The Labute approximate surface area is 124 Å². The summed E-state index contributed by atoms with van der Waals surface area (Å²) in [4.78, 5) is 7.29. The highest BCUT2D eigenvalue weighted by Gasteiger charge is 2.19. The molecular weight excluding hydrogens is 246 g/mol. The van der Waals surface area contributed by atoms with E-state index in [1.807, 2.05) is 0 Å². The molecular formula is C17H31N3. The first-order valence-electron chi connectivity index (χ1n) is 7.81. The van der Waals surface area contributed by atoms with Gasteiger partial charge in [-0.2, -0.15) is 0 Å². The van der Waals surface area contributed by atoms with E-state index in [1.165, 1.54) is 11.1 Å². The molecule has 3 nitrogen and oxygen atoms in total. The fraction of sp³-hybridized carbons (Fsp3) is 0.706. The average molecular weight is 277 g/mol. The molecule has 0 bridgehead atoms. The molecule has 0 aliphatic carbocycles. The van der Waals surface area contributed by atoms with Crippen LogP contribution in [0.3, 0.4) is 0 Å². The molecule has 3 heteroatoms. The predicted octanol–water partition coefficient (Wildman–Crippen LogP) is 3.68. The van der Waals surface area contributed by atoms with Crippen molar-refractivity contribution in [2.75, 3.05) is 18.0 Å². The van der Waals surface area contributed by atoms with Gasteiger partial charge in [-0.05, 0) is 51.8 Å². The molecule has 0 radical (unpaired) electrons. The number of nitrogens with zero attached hydrogens (tertiary/aromatic N) is 2. The predicted molar refractivity (Wildman–Crippen MR) is 88.4 cm³/mol. The minimum absolute atomic E-state index is 0.464.